The average Bonchev–Trinajstić information content (AvgIpc) is 3.27. The van der Waals surface area contributed by atoms with Gasteiger partial charge in [-0.25, -0.2) is 9.78 Å². The lowest BCUT2D eigenvalue weighted by molar-refractivity contribution is -0.274. The number of fused-ring (bicyclic) bond motifs is 1. The summed E-state index contributed by atoms with van der Waals surface area (Å²) in [6.45, 7) is 3.93. The molecule has 3 fully saturated rings. The number of aromatic nitrogens is 2. The minimum Gasteiger partial charge on any atom is -0.406 e. The number of ether oxygens (including phenoxy) is 2. The Morgan fingerprint density at radius 1 is 1.20 bits per heavy atom. The molecule has 5 rings (SSSR count). The molecule has 2 saturated carbocycles. The summed E-state index contributed by atoms with van der Waals surface area (Å²) in [6.07, 6.45) is 3.16. The number of nitrogens with zero attached hydrogens (tertiary/aromatic N) is 4. The van der Waals surface area contributed by atoms with Gasteiger partial charge < -0.3 is 23.8 Å². The van der Waals surface area contributed by atoms with Crippen molar-refractivity contribution in [3.05, 3.63) is 42.4 Å². The van der Waals surface area contributed by atoms with Crippen molar-refractivity contribution >= 4 is 6.09 Å². The van der Waals surface area contributed by atoms with Gasteiger partial charge in [0.2, 0.25) is 5.88 Å². The van der Waals surface area contributed by atoms with Crippen LogP contribution in [0.1, 0.15) is 31.2 Å². The number of rotatable bonds is 8. The summed E-state index contributed by atoms with van der Waals surface area (Å²) >= 11 is 0. The van der Waals surface area contributed by atoms with E-state index in [-0.39, 0.29) is 18.2 Å². The molecule has 190 valence electrons. The summed E-state index contributed by atoms with van der Waals surface area (Å²) < 4.78 is 49.2. The molecule has 10 heteroatoms. The van der Waals surface area contributed by atoms with Crippen molar-refractivity contribution in [3.63, 3.8) is 0 Å². The summed E-state index contributed by atoms with van der Waals surface area (Å²) in [7, 11) is 1.77. The molecular formula is C25H31F3N4O3. The topological polar surface area (TPSA) is 59.8 Å². The Kier molecular flexibility index (Phi) is 6.65. The van der Waals surface area contributed by atoms with E-state index in [4.69, 9.17) is 4.74 Å². The van der Waals surface area contributed by atoms with Crippen LogP contribution < -0.4 is 9.47 Å². The van der Waals surface area contributed by atoms with Gasteiger partial charge in [-0.3, -0.25) is 0 Å². The van der Waals surface area contributed by atoms with Gasteiger partial charge in [0.15, 0.2) is 0 Å². The first-order valence-electron chi connectivity index (χ1n) is 12.3. The van der Waals surface area contributed by atoms with E-state index in [0.29, 0.717) is 29.9 Å². The SMILES string of the molecule is Cn1cnc(OC(=O)N(Cc2cccc(OC(F)(F)F)c2)CC2C3CN(CC4CCCC4)CC32)c1. The van der Waals surface area contributed by atoms with Crippen LogP contribution >= 0.6 is 0 Å². The number of likely N-dealkylation sites (tertiary alicyclic amines) is 1. The number of carbonyl (C=O) groups excluding carboxylic acids is 1. The van der Waals surface area contributed by atoms with Crippen molar-refractivity contribution in [2.24, 2.45) is 30.7 Å². The maximum Gasteiger partial charge on any atom is 0.573 e. The molecule has 1 amide bonds. The molecule has 1 aliphatic heterocycles. The van der Waals surface area contributed by atoms with Crippen molar-refractivity contribution in [2.45, 2.75) is 38.6 Å². The van der Waals surface area contributed by atoms with Gasteiger partial charge in [0, 0.05) is 39.8 Å². The Morgan fingerprint density at radius 3 is 2.60 bits per heavy atom. The van der Waals surface area contributed by atoms with Crippen LogP contribution in [0.3, 0.4) is 0 Å². The number of aryl methyl sites for hydroxylation is 1. The van der Waals surface area contributed by atoms with Crippen LogP contribution in [-0.4, -0.2) is 58.0 Å². The number of carbonyl (C=O) groups is 1. The Hall–Kier alpha value is -2.75. The lowest BCUT2D eigenvalue weighted by atomic mass is 10.1. The summed E-state index contributed by atoms with van der Waals surface area (Å²) in [5, 5.41) is 0. The molecule has 2 atom stereocenters. The first-order valence-corrected chi connectivity index (χ1v) is 12.3. The molecule has 2 unspecified atom stereocenters. The molecule has 3 aliphatic rings. The molecule has 0 N–H and O–H groups in total. The number of hydrogen-bond acceptors (Lipinski definition) is 5. The molecule has 0 bridgehead atoms. The van der Waals surface area contributed by atoms with Crippen LogP contribution in [0.15, 0.2) is 36.8 Å². The fourth-order valence-corrected chi connectivity index (χ4v) is 5.83. The van der Waals surface area contributed by atoms with Gasteiger partial charge in [0.1, 0.15) is 5.75 Å². The number of alkyl halides is 3. The summed E-state index contributed by atoms with van der Waals surface area (Å²) in [5.41, 5.74) is 0.540. The highest BCUT2D eigenvalue weighted by Gasteiger charge is 2.56. The van der Waals surface area contributed by atoms with Gasteiger partial charge >= 0.3 is 12.5 Å². The van der Waals surface area contributed by atoms with Crippen LogP contribution in [0, 0.1) is 23.7 Å². The summed E-state index contributed by atoms with van der Waals surface area (Å²) in [5.74, 6) is 2.19. The molecule has 1 saturated heterocycles. The number of imidazole rings is 1. The quantitative estimate of drug-likeness (QED) is 0.535. The van der Waals surface area contributed by atoms with Gasteiger partial charge in [-0.15, -0.1) is 13.2 Å². The van der Waals surface area contributed by atoms with Gasteiger partial charge in [-0.1, -0.05) is 25.0 Å². The molecule has 35 heavy (non-hydrogen) atoms. The van der Waals surface area contributed by atoms with Crippen molar-refractivity contribution < 1.29 is 27.4 Å². The fraction of sp³-hybridized carbons (Fsp3) is 0.600. The lowest BCUT2D eigenvalue weighted by Crippen LogP contribution is -2.37. The monoisotopic (exact) mass is 492 g/mol. The third-order valence-electron chi connectivity index (χ3n) is 7.51. The van der Waals surface area contributed by atoms with Gasteiger partial charge in [0.25, 0.3) is 0 Å². The van der Waals surface area contributed by atoms with Crippen LogP contribution in [0.2, 0.25) is 0 Å². The van der Waals surface area contributed by atoms with E-state index in [2.05, 4.69) is 14.6 Å². The highest BCUT2D eigenvalue weighted by molar-refractivity contribution is 5.70. The second-order valence-corrected chi connectivity index (χ2v) is 10.2. The molecule has 2 heterocycles. The number of halogens is 3. The van der Waals surface area contributed by atoms with Gasteiger partial charge in [0.05, 0.1) is 12.5 Å². The van der Waals surface area contributed by atoms with Crippen LogP contribution in [0.25, 0.3) is 0 Å². The highest BCUT2D eigenvalue weighted by atomic mass is 19.4. The van der Waals surface area contributed by atoms with E-state index in [0.717, 1.165) is 19.0 Å². The largest absolute Gasteiger partial charge is 0.573 e. The van der Waals surface area contributed by atoms with E-state index in [9.17, 15) is 18.0 Å². The normalized spacial score (nSPS) is 24.4. The number of piperidine rings is 1. The highest BCUT2D eigenvalue weighted by Crippen LogP contribution is 2.52. The van der Waals surface area contributed by atoms with Crippen LogP contribution in [0.5, 0.6) is 11.6 Å². The van der Waals surface area contributed by atoms with E-state index in [1.807, 2.05) is 0 Å². The Morgan fingerprint density at radius 2 is 1.94 bits per heavy atom. The minimum absolute atomic E-state index is 0.127. The predicted molar refractivity (Wildman–Crippen MR) is 122 cm³/mol. The predicted octanol–water partition coefficient (Wildman–Crippen LogP) is 4.69. The first-order chi connectivity index (χ1) is 16.7. The van der Waals surface area contributed by atoms with Crippen LogP contribution in [0.4, 0.5) is 18.0 Å². The number of benzene rings is 1. The van der Waals surface area contributed by atoms with Crippen LogP contribution in [-0.2, 0) is 13.6 Å². The summed E-state index contributed by atoms with van der Waals surface area (Å²) in [4.78, 5) is 21.2. The third kappa shape index (κ3) is 6.09. The van der Waals surface area contributed by atoms with E-state index in [1.165, 1.54) is 56.8 Å². The maximum atomic E-state index is 13.1. The second kappa shape index (κ2) is 9.72. The van der Waals surface area contributed by atoms with Crippen molar-refractivity contribution in [1.29, 1.82) is 0 Å². The first kappa shape index (κ1) is 24.0. The Labute approximate surface area is 202 Å². The summed E-state index contributed by atoms with van der Waals surface area (Å²) in [6, 6.07) is 5.73. The van der Waals surface area contributed by atoms with E-state index in [1.54, 1.807) is 28.8 Å². The fourth-order valence-electron chi connectivity index (χ4n) is 5.83. The maximum absolute atomic E-state index is 13.1. The Bertz CT molecular complexity index is 1020. The standard InChI is InChI=1S/C25H31F3N4O3/c1-30-15-23(29-16-30)34-24(33)32(11-18-7-4-8-19(9-18)35-25(26,27)28)14-22-20-12-31(13-21(20)22)10-17-5-2-3-6-17/h4,7-9,15-17,20-22H,2-3,5-6,10-14H2,1H3. The smallest absolute Gasteiger partial charge is 0.406 e. The molecule has 0 spiro atoms. The molecule has 2 aromatic rings. The van der Waals surface area contributed by atoms with E-state index >= 15 is 0 Å². The number of hydrogen-bond donors (Lipinski definition) is 0. The van der Waals surface area contributed by atoms with Gasteiger partial charge in [-0.2, -0.15) is 0 Å². The van der Waals surface area contributed by atoms with Gasteiger partial charge in [-0.05, 0) is 54.2 Å². The van der Waals surface area contributed by atoms with Crippen molar-refractivity contribution in [3.8, 4) is 11.6 Å². The van der Waals surface area contributed by atoms with Crippen molar-refractivity contribution in [2.75, 3.05) is 26.2 Å². The minimum atomic E-state index is -4.77. The average molecular weight is 493 g/mol. The second-order valence-electron chi connectivity index (χ2n) is 10.2. The van der Waals surface area contributed by atoms with E-state index < -0.39 is 12.5 Å². The zero-order valence-electron chi connectivity index (χ0n) is 19.8. The molecule has 1 aromatic heterocycles. The molecule has 0 radical (unpaired) electrons. The lowest BCUT2D eigenvalue weighted by Gasteiger charge is -2.26. The number of amides is 1. The van der Waals surface area contributed by atoms with Crippen molar-refractivity contribution in [1.82, 2.24) is 19.4 Å². The molecule has 7 nitrogen and oxygen atoms in total. The molecular weight excluding hydrogens is 461 g/mol. The zero-order chi connectivity index (χ0) is 24.6. The molecule has 2 aliphatic carbocycles. The Balaban J connectivity index is 1.23. The zero-order valence-corrected chi connectivity index (χ0v) is 19.8. The molecule has 1 aromatic carbocycles. The third-order valence-corrected chi connectivity index (χ3v) is 7.51.